The molecule has 0 amide bonds. The minimum Gasteiger partial charge on any atom is -0.339 e. The highest BCUT2D eigenvalue weighted by Gasteiger charge is 2.29. The Bertz CT molecular complexity index is 629. The Morgan fingerprint density at radius 1 is 1.24 bits per heavy atom. The molecule has 0 bridgehead atoms. The lowest BCUT2D eigenvalue weighted by molar-refractivity contribution is 0.345. The molecule has 2 aliphatic rings. The number of rotatable bonds is 5. The molecule has 7 nitrogen and oxygen atoms in total. The van der Waals surface area contributed by atoms with Gasteiger partial charge >= 0.3 is 0 Å². The van der Waals surface area contributed by atoms with Crippen molar-refractivity contribution in [1.82, 2.24) is 30.2 Å². The molecule has 2 aromatic heterocycles. The van der Waals surface area contributed by atoms with E-state index in [0.717, 1.165) is 49.2 Å². The van der Waals surface area contributed by atoms with Gasteiger partial charge in [0.2, 0.25) is 5.89 Å². The summed E-state index contributed by atoms with van der Waals surface area (Å²) in [5.74, 6) is 4.14. The Labute approximate surface area is 123 Å². The van der Waals surface area contributed by atoms with E-state index in [0.29, 0.717) is 18.5 Å². The monoisotopic (exact) mass is 288 g/mol. The summed E-state index contributed by atoms with van der Waals surface area (Å²) >= 11 is 0. The highest BCUT2D eigenvalue weighted by molar-refractivity contribution is 5.02. The number of nitrogens with zero attached hydrogens (tertiary/aromatic N) is 5. The van der Waals surface area contributed by atoms with E-state index in [2.05, 4.69) is 32.5 Å². The van der Waals surface area contributed by atoms with E-state index in [9.17, 15) is 0 Å². The molecule has 1 atom stereocenters. The quantitative estimate of drug-likeness (QED) is 0.890. The fourth-order valence-electron chi connectivity index (χ4n) is 2.75. The van der Waals surface area contributed by atoms with Gasteiger partial charge in [0.1, 0.15) is 5.82 Å². The van der Waals surface area contributed by atoms with E-state index in [1.54, 1.807) is 0 Å². The Morgan fingerprint density at radius 2 is 2.14 bits per heavy atom. The topological polar surface area (TPSA) is 81.7 Å². The second-order valence-electron chi connectivity index (χ2n) is 5.92. The highest BCUT2D eigenvalue weighted by Crippen LogP contribution is 2.38. The van der Waals surface area contributed by atoms with Crippen molar-refractivity contribution in [3.05, 3.63) is 23.4 Å². The van der Waals surface area contributed by atoms with Crippen LogP contribution in [0.15, 0.2) is 4.52 Å². The van der Waals surface area contributed by atoms with Crippen LogP contribution in [0, 0.1) is 0 Å². The third kappa shape index (κ3) is 2.70. The first-order valence-corrected chi connectivity index (χ1v) is 7.80. The molecular formula is C14H20N6O. The summed E-state index contributed by atoms with van der Waals surface area (Å²) < 4.78 is 7.31. The molecule has 4 rings (SSSR count). The van der Waals surface area contributed by atoms with E-state index < -0.39 is 0 Å². The second kappa shape index (κ2) is 5.22. The summed E-state index contributed by atoms with van der Waals surface area (Å²) in [5.41, 5.74) is 0. The summed E-state index contributed by atoms with van der Waals surface area (Å²) in [5, 5.41) is 12.1. The lowest BCUT2D eigenvalue weighted by Gasteiger charge is -2.22. The molecule has 0 spiro atoms. The van der Waals surface area contributed by atoms with Crippen molar-refractivity contribution in [2.24, 2.45) is 0 Å². The lowest BCUT2D eigenvalue weighted by Crippen LogP contribution is -2.37. The van der Waals surface area contributed by atoms with E-state index in [-0.39, 0.29) is 0 Å². The van der Waals surface area contributed by atoms with Gasteiger partial charge in [-0.15, -0.1) is 0 Å². The Morgan fingerprint density at radius 3 is 2.95 bits per heavy atom. The number of hydrogen-bond donors (Lipinski definition) is 1. The molecule has 1 fully saturated rings. The molecule has 1 unspecified atom stereocenters. The normalized spacial score (nSPS) is 21.5. The molecule has 1 aliphatic carbocycles. The zero-order valence-corrected chi connectivity index (χ0v) is 12.2. The lowest BCUT2D eigenvalue weighted by atomic mass is 10.1. The number of fused-ring (bicyclic) bond motifs is 1. The zero-order valence-electron chi connectivity index (χ0n) is 12.2. The molecule has 112 valence electrons. The number of aromatic nitrogens is 5. The van der Waals surface area contributed by atoms with Crippen LogP contribution in [0.5, 0.6) is 0 Å². The molecule has 7 heteroatoms. The fraction of sp³-hybridized carbons (Fsp3) is 0.714. The predicted molar refractivity (Wildman–Crippen MR) is 74.6 cm³/mol. The molecule has 0 radical (unpaired) electrons. The summed E-state index contributed by atoms with van der Waals surface area (Å²) in [4.78, 5) is 8.98. The first-order valence-electron chi connectivity index (χ1n) is 7.80. The number of aryl methyl sites for hydroxylation is 2. The van der Waals surface area contributed by atoms with Crippen molar-refractivity contribution >= 4 is 0 Å². The van der Waals surface area contributed by atoms with Crippen molar-refractivity contribution in [3.8, 4) is 0 Å². The zero-order chi connectivity index (χ0) is 14.2. The van der Waals surface area contributed by atoms with Gasteiger partial charge in [0, 0.05) is 24.8 Å². The van der Waals surface area contributed by atoms with Crippen molar-refractivity contribution in [2.75, 3.05) is 0 Å². The van der Waals surface area contributed by atoms with Crippen LogP contribution in [-0.2, 0) is 25.9 Å². The molecular weight excluding hydrogens is 268 g/mol. The van der Waals surface area contributed by atoms with Crippen LogP contribution in [0.25, 0.3) is 0 Å². The molecule has 21 heavy (non-hydrogen) atoms. The van der Waals surface area contributed by atoms with Gasteiger partial charge in [-0.2, -0.15) is 10.1 Å². The van der Waals surface area contributed by atoms with Gasteiger partial charge in [0.15, 0.2) is 11.6 Å². The van der Waals surface area contributed by atoms with Crippen molar-refractivity contribution < 1.29 is 4.52 Å². The molecule has 1 aliphatic heterocycles. The largest absolute Gasteiger partial charge is 0.339 e. The number of hydrogen-bond acceptors (Lipinski definition) is 6. The van der Waals surface area contributed by atoms with Crippen LogP contribution in [0.3, 0.4) is 0 Å². The maximum absolute atomic E-state index is 5.27. The van der Waals surface area contributed by atoms with Gasteiger partial charge in [-0.05, 0) is 19.3 Å². The fourth-order valence-corrected chi connectivity index (χ4v) is 2.75. The van der Waals surface area contributed by atoms with E-state index in [4.69, 9.17) is 4.52 Å². The maximum Gasteiger partial charge on any atom is 0.229 e. The second-order valence-corrected chi connectivity index (χ2v) is 5.92. The Balaban J connectivity index is 1.34. The maximum atomic E-state index is 5.27. The van der Waals surface area contributed by atoms with E-state index >= 15 is 0 Å². The van der Waals surface area contributed by atoms with Gasteiger partial charge in [-0.25, -0.2) is 9.67 Å². The standard InChI is InChI=1S/C14H20N6O/c1-2-11-16-13-6-5-10(8-20(13)18-11)15-7-12-17-14(21-19-12)9-3-4-9/h9-10,15H,2-8H2,1H3. The summed E-state index contributed by atoms with van der Waals surface area (Å²) in [6, 6.07) is 0.395. The molecule has 1 saturated carbocycles. The van der Waals surface area contributed by atoms with Gasteiger partial charge in [-0.3, -0.25) is 0 Å². The van der Waals surface area contributed by atoms with E-state index in [1.807, 2.05) is 4.68 Å². The van der Waals surface area contributed by atoms with Gasteiger partial charge < -0.3 is 9.84 Å². The van der Waals surface area contributed by atoms with Crippen LogP contribution < -0.4 is 5.32 Å². The smallest absolute Gasteiger partial charge is 0.229 e. The first kappa shape index (κ1) is 12.9. The van der Waals surface area contributed by atoms with Crippen LogP contribution in [0.1, 0.15) is 55.5 Å². The molecule has 1 N–H and O–H groups in total. The van der Waals surface area contributed by atoms with Crippen LogP contribution in [0.2, 0.25) is 0 Å². The van der Waals surface area contributed by atoms with Crippen molar-refractivity contribution in [2.45, 2.75) is 64.1 Å². The average molecular weight is 288 g/mol. The summed E-state index contributed by atoms with van der Waals surface area (Å²) in [6.07, 6.45) is 5.32. The molecule has 2 aromatic rings. The summed E-state index contributed by atoms with van der Waals surface area (Å²) in [7, 11) is 0. The molecule has 0 saturated heterocycles. The van der Waals surface area contributed by atoms with Crippen LogP contribution >= 0.6 is 0 Å². The molecule has 0 aromatic carbocycles. The van der Waals surface area contributed by atoms with Crippen LogP contribution in [0.4, 0.5) is 0 Å². The Kier molecular flexibility index (Phi) is 3.21. The summed E-state index contributed by atoms with van der Waals surface area (Å²) in [6.45, 7) is 3.62. The van der Waals surface area contributed by atoms with Gasteiger partial charge in [-0.1, -0.05) is 12.1 Å². The number of nitrogens with one attached hydrogen (secondary N) is 1. The third-order valence-electron chi connectivity index (χ3n) is 4.18. The van der Waals surface area contributed by atoms with E-state index in [1.165, 1.54) is 12.8 Å². The van der Waals surface area contributed by atoms with Gasteiger partial charge in [0.25, 0.3) is 0 Å². The third-order valence-corrected chi connectivity index (χ3v) is 4.18. The predicted octanol–water partition coefficient (Wildman–Crippen LogP) is 1.21. The Hall–Kier alpha value is -1.76. The van der Waals surface area contributed by atoms with Crippen LogP contribution in [-0.4, -0.2) is 30.9 Å². The molecule has 3 heterocycles. The van der Waals surface area contributed by atoms with Crippen molar-refractivity contribution in [1.29, 1.82) is 0 Å². The SMILES string of the molecule is CCc1nc2n(n1)CC(NCc1noc(C3CC3)n1)CC2. The minimum absolute atomic E-state index is 0.395. The van der Waals surface area contributed by atoms with Gasteiger partial charge in [0.05, 0.1) is 13.1 Å². The minimum atomic E-state index is 0.395. The van der Waals surface area contributed by atoms with Crippen molar-refractivity contribution in [3.63, 3.8) is 0 Å². The highest BCUT2D eigenvalue weighted by atomic mass is 16.5. The first-order chi connectivity index (χ1) is 10.3. The average Bonchev–Trinajstić information content (AvgIpc) is 3.11.